The van der Waals surface area contributed by atoms with Crippen LogP contribution in [0.15, 0.2) is 60.9 Å². The van der Waals surface area contributed by atoms with Crippen molar-refractivity contribution >= 4 is 17.5 Å². The van der Waals surface area contributed by atoms with Crippen LogP contribution in [0.2, 0.25) is 0 Å². The molecule has 0 radical (unpaired) electrons. The number of pyridine rings is 1. The number of hydrogen-bond donors (Lipinski definition) is 1. The number of nitrogens with one attached hydrogen (secondary N) is 1. The number of fused-ring (bicyclic) bond motifs is 4. The molecule has 174 valence electrons. The molecule has 7 nitrogen and oxygen atoms in total. The molecule has 7 heteroatoms. The van der Waals surface area contributed by atoms with E-state index in [1.807, 2.05) is 49.1 Å². The van der Waals surface area contributed by atoms with E-state index < -0.39 is 12.0 Å². The molecule has 5 rings (SSSR count). The fourth-order valence-corrected chi connectivity index (χ4v) is 5.01. The van der Waals surface area contributed by atoms with Crippen molar-refractivity contribution in [2.75, 3.05) is 25.1 Å². The van der Waals surface area contributed by atoms with E-state index in [9.17, 15) is 9.59 Å². The minimum atomic E-state index is -0.583. The Morgan fingerprint density at radius 2 is 1.82 bits per heavy atom. The van der Waals surface area contributed by atoms with E-state index in [1.165, 1.54) is 0 Å². The average Bonchev–Trinajstić information content (AvgIpc) is 2.85. The number of hydrogen-bond acceptors (Lipinski definition) is 5. The van der Waals surface area contributed by atoms with Crippen molar-refractivity contribution in [1.29, 1.82) is 0 Å². The van der Waals surface area contributed by atoms with Crippen LogP contribution in [-0.4, -0.2) is 41.5 Å². The van der Waals surface area contributed by atoms with Crippen molar-refractivity contribution in [3.63, 3.8) is 0 Å². The van der Waals surface area contributed by atoms with E-state index in [-0.39, 0.29) is 11.8 Å². The third-order valence-electron chi connectivity index (χ3n) is 6.40. The molecule has 2 aromatic carbocycles. The average molecular weight is 458 g/mol. The summed E-state index contributed by atoms with van der Waals surface area (Å²) in [6.45, 7) is 5.40. The molecule has 2 amide bonds. The minimum Gasteiger partial charge on any atom is -0.490 e. The van der Waals surface area contributed by atoms with Gasteiger partial charge in [0.15, 0.2) is 11.5 Å². The highest BCUT2D eigenvalue weighted by Gasteiger charge is 2.46. The van der Waals surface area contributed by atoms with Gasteiger partial charge in [0.2, 0.25) is 5.91 Å². The second kappa shape index (κ2) is 9.17. The number of rotatable bonds is 6. The van der Waals surface area contributed by atoms with E-state index in [2.05, 4.69) is 10.3 Å². The number of carbonyl (C=O) groups excluding carboxylic acids is 2. The fraction of sp³-hybridized carbons (Fsp3) is 0.296. The normalized spacial score (nSPS) is 18.4. The topological polar surface area (TPSA) is 80.8 Å². The van der Waals surface area contributed by atoms with Crippen molar-refractivity contribution in [2.24, 2.45) is 0 Å². The first-order valence-corrected chi connectivity index (χ1v) is 11.7. The van der Waals surface area contributed by atoms with Crippen LogP contribution in [0.3, 0.4) is 0 Å². The van der Waals surface area contributed by atoms with Gasteiger partial charge in [0.05, 0.1) is 37.1 Å². The number of nitrogens with zero attached hydrogens (tertiary/aromatic N) is 2. The van der Waals surface area contributed by atoms with E-state index in [1.54, 1.807) is 30.6 Å². The first-order valence-electron chi connectivity index (χ1n) is 11.7. The van der Waals surface area contributed by atoms with Gasteiger partial charge in [-0.2, -0.15) is 0 Å². The summed E-state index contributed by atoms with van der Waals surface area (Å²) in [6.07, 6.45) is 3.96. The molecule has 2 aliphatic heterocycles. The van der Waals surface area contributed by atoms with Gasteiger partial charge in [-0.25, -0.2) is 0 Å². The predicted octanol–water partition coefficient (Wildman–Crippen LogP) is 4.35. The Morgan fingerprint density at radius 3 is 2.56 bits per heavy atom. The quantitative estimate of drug-likeness (QED) is 0.595. The Bertz CT molecular complexity index is 1230. The maximum atomic E-state index is 13.7. The summed E-state index contributed by atoms with van der Waals surface area (Å²) >= 11 is 0. The highest BCUT2D eigenvalue weighted by atomic mass is 16.5. The van der Waals surface area contributed by atoms with Crippen LogP contribution >= 0.6 is 0 Å². The van der Waals surface area contributed by atoms with Gasteiger partial charge in [-0.3, -0.25) is 14.6 Å². The SMILES string of the molecule is CCOc1cc2c(cc1OCC)[C@@H]1[C@@H](C(=O)Nc3cccnc3)c3ccccc3C(=O)N1CC2. The molecular formula is C27H27N3O4. The van der Waals surface area contributed by atoms with Crippen LogP contribution in [-0.2, 0) is 11.2 Å². The zero-order valence-electron chi connectivity index (χ0n) is 19.3. The van der Waals surface area contributed by atoms with Crippen LogP contribution in [0.1, 0.15) is 52.9 Å². The molecule has 1 N–H and O–H groups in total. The maximum absolute atomic E-state index is 13.7. The van der Waals surface area contributed by atoms with Gasteiger partial charge in [0.1, 0.15) is 0 Å². The molecule has 34 heavy (non-hydrogen) atoms. The highest BCUT2D eigenvalue weighted by molar-refractivity contribution is 6.04. The van der Waals surface area contributed by atoms with Gasteiger partial charge in [0, 0.05) is 18.3 Å². The molecular weight excluding hydrogens is 430 g/mol. The highest BCUT2D eigenvalue weighted by Crippen LogP contribution is 2.48. The summed E-state index contributed by atoms with van der Waals surface area (Å²) in [5.41, 5.74) is 3.91. The van der Waals surface area contributed by atoms with Gasteiger partial charge in [-0.15, -0.1) is 0 Å². The van der Waals surface area contributed by atoms with Crippen molar-refractivity contribution in [1.82, 2.24) is 9.88 Å². The second-order valence-corrected chi connectivity index (χ2v) is 8.35. The third kappa shape index (κ3) is 3.77. The molecule has 3 aromatic rings. The van der Waals surface area contributed by atoms with Crippen molar-refractivity contribution in [2.45, 2.75) is 32.2 Å². The summed E-state index contributed by atoms with van der Waals surface area (Å²) in [4.78, 5) is 33.2. The number of aromatic nitrogens is 1. The Morgan fingerprint density at radius 1 is 1.06 bits per heavy atom. The Hall–Kier alpha value is -3.87. The molecule has 0 bridgehead atoms. The molecule has 1 aromatic heterocycles. The lowest BCUT2D eigenvalue weighted by atomic mass is 9.75. The number of anilines is 1. The molecule has 0 spiro atoms. The molecule has 2 aliphatic rings. The van der Waals surface area contributed by atoms with E-state index in [0.29, 0.717) is 48.9 Å². The third-order valence-corrected chi connectivity index (χ3v) is 6.40. The Labute approximate surface area is 198 Å². The van der Waals surface area contributed by atoms with Crippen LogP contribution < -0.4 is 14.8 Å². The van der Waals surface area contributed by atoms with Crippen LogP contribution in [0.4, 0.5) is 5.69 Å². The predicted molar refractivity (Wildman–Crippen MR) is 128 cm³/mol. The molecule has 0 saturated heterocycles. The lowest BCUT2D eigenvalue weighted by Gasteiger charge is -2.45. The van der Waals surface area contributed by atoms with Crippen LogP contribution in [0.25, 0.3) is 0 Å². The molecule has 0 aliphatic carbocycles. The maximum Gasteiger partial charge on any atom is 0.254 e. The van der Waals surface area contributed by atoms with Crippen molar-refractivity contribution < 1.29 is 19.1 Å². The zero-order valence-corrected chi connectivity index (χ0v) is 19.3. The molecule has 2 atom stereocenters. The zero-order chi connectivity index (χ0) is 23.7. The van der Waals surface area contributed by atoms with Gasteiger partial charge in [0.25, 0.3) is 5.91 Å². The van der Waals surface area contributed by atoms with Crippen LogP contribution in [0, 0.1) is 0 Å². The number of carbonyl (C=O) groups is 2. The van der Waals surface area contributed by atoms with Crippen molar-refractivity contribution in [3.8, 4) is 11.5 Å². The number of amides is 2. The van der Waals surface area contributed by atoms with E-state index in [4.69, 9.17) is 9.47 Å². The van der Waals surface area contributed by atoms with Gasteiger partial charge in [-0.05, 0) is 67.3 Å². The van der Waals surface area contributed by atoms with E-state index >= 15 is 0 Å². The summed E-state index contributed by atoms with van der Waals surface area (Å²) in [6, 6.07) is 14.5. The summed E-state index contributed by atoms with van der Waals surface area (Å²) in [5.74, 6) is 0.505. The molecule has 0 saturated carbocycles. The second-order valence-electron chi connectivity index (χ2n) is 8.35. The van der Waals surface area contributed by atoms with E-state index in [0.717, 1.165) is 16.7 Å². The summed E-state index contributed by atoms with van der Waals surface area (Å²) < 4.78 is 11.7. The first kappa shape index (κ1) is 21.9. The monoisotopic (exact) mass is 457 g/mol. The molecule has 3 heterocycles. The largest absolute Gasteiger partial charge is 0.490 e. The smallest absolute Gasteiger partial charge is 0.254 e. The fourth-order valence-electron chi connectivity index (χ4n) is 5.01. The molecule has 0 fully saturated rings. The standard InChI is InChI=1S/C27H27N3O4/c1-3-33-22-14-17-11-13-30-25(21(17)15-23(22)34-4-2)24(19-9-5-6-10-20(19)27(30)32)26(31)29-18-8-7-12-28-16-18/h5-10,12,14-16,24-25H,3-4,11,13H2,1-2H3,(H,29,31)/t24-,25+/m0/s1. The minimum absolute atomic E-state index is 0.0523. The van der Waals surface area contributed by atoms with Crippen molar-refractivity contribution in [3.05, 3.63) is 83.2 Å². The van der Waals surface area contributed by atoms with Gasteiger partial charge in [-0.1, -0.05) is 18.2 Å². The summed E-state index contributed by atoms with van der Waals surface area (Å²) in [7, 11) is 0. The van der Waals surface area contributed by atoms with Gasteiger partial charge >= 0.3 is 0 Å². The number of ether oxygens (including phenoxy) is 2. The lowest BCUT2D eigenvalue weighted by Crippen LogP contribution is -2.49. The van der Waals surface area contributed by atoms with Crippen LogP contribution in [0.5, 0.6) is 11.5 Å². The summed E-state index contributed by atoms with van der Waals surface area (Å²) in [5, 5.41) is 3.01. The lowest BCUT2D eigenvalue weighted by molar-refractivity contribution is -0.119. The Balaban J connectivity index is 1.65. The van der Waals surface area contributed by atoms with Gasteiger partial charge < -0.3 is 19.7 Å². The molecule has 0 unspecified atom stereocenters. The number of benzene rings is 2. The Kier molecular flexibility index (Phi) is 5.92. The first-order chi connectivity index (χ1) is 16.6.